The maximum absolute atomic E-state index is 12.3. The topological polar surface area (TPSA) is 85.4 Å². The van der Waals surface area contributed by atoms with Crippen molar-refractivity contribution in [3.63, 3.8) is 0 Å². The molecule has 26 heavy (non-hydrogen) atoms. The summed E-state index contributed by atoms with van der Waals surface area (Å²) in [4.78, 5) is 13.9. The SMILES string of the molecule is Cc1nn(C2CCS(=O)(=O)C2)c(C)c1CN(C)C(=O)/C=C/c1ccco1. The zero-order valence-corrected chi connectivity index (χ0v) is 16.0. The van der Waals surface area contributed by atoms with Crippen LogP contribution < -0.4 is 0 Å². The number of carbonyl (C=O) groups excluding carboxylic acids is 1. The molecule has 0 aromatic carbocycles. The summed E-state index contributed by atoms with van der Waals surface area (Å²) in [5.41, 5.74) is 2.69. The summed E-state index contributed by atoms with van der Waals surface area (Å²) in [5.74, 6) is 0.821. The molecule has 140 valence electrons. The van der Waals surface area contributed by atoms with Gasteiger partial charge in [-0.15, -0.1) is 0 Å². The predicted octanol–water partition coefficient (Wildman–Crippen LogP) is 2.12. The van der Waals surface area contributed by atoms with Gasteiger partial charge in [0, 0.05) is 30.9 Å². The second-order valence-corrected chi connectivity index (χ2v) is 8.92. The number of hydrogen-bond donors (Lipinski definition) is 0. The number of nitrogens with zero attached hydrogens (tertiary/aromatic N) is 3. The van der Waals surface area contributed by atoms with E-state index in [0.29, 0.717) is 18.7 Å². The van der Waals surface area contributed by atoms with Crippen LogP contribution in [0.1, 0.15) is 35.2 Å². The van der Waals surface area contributed by atoms with Crippen molar-refractivity contribution in [3.05, 3.63) is 47.2 Å². The van der Waals surface area contributed by atoms with Crippen molar-refractivity contribution >= 4 is 21.8 Å². The van der Waals surface area contributed by atoms with Crippen LogP contribution in [0.5, 0.6) is 0 Å². The molecule has 0 N–H and O–H groups in total. The minimum Gasteiger partial charge on any atom is -0.465 e. The Balaban J connectivity index is 1.72. The van der Waals surface area contributed by atoms with Gasteiger partial charge in [0.25, 0.3) is 0 Å². The molecule has 1 saturated heterocycles. The number of rotatable bonds is 5. The van der Waals surface area contributed by atoms with Gasteiger partial charge >= 0.3 is 0 Å². The van der Waals surface area contributed by atoms with Crippen molar-refractivity contribution in [2.24, 2.45) is 0 Å². The summed E-state index contributed by atoms with van der Waals surface area (Å²) in [6.07, 6.45) is 5.24. The van der Waals surface area contributed by atoms with Gasteiger partial charge in [0.2, 0.25) is 5.91 Å². The first-order chi connectivity index (χ1) is 12.3. The molecule has 2 aromatic heterocycles. The van der Waals surface area contributed by atoms with Crippen molar-refractivity contribution in [1.82, 2.24) is 14.7 Å². The van der Waals surface area contributed by atoms with E-state index in [1.807, 2.05) is 18.5 Å². The highest BCUT2D eigenvalue weighted by Crippen LogP contribution is 2.27. The molecular weight excluding hydrogens is 354 g/mol. The van der Waals surface area contributed by atoms with E-state index in [4.69, 9.17) is 4.42 Å². The zero-order chi connectivity index (χ0) is 18.9. The Morgan fingerprint density at radius 1 is 1.46 bits per heavy atom. The molecule has 1 amide bonds. The monoisotopic (exact) mass is 377 g/mol. The third-order valence-corrected chi connectivity index (χ3v) is 6.48. The summed E-state index contributed by atoms with van der Waals surface area (Å²) in [7, 11) is -1.25. The minimum atomic E-state index is -2.97. The number of carbonyl (C=O) groups is 1. The molecule has 1 aliphatic heterocycles. The number of aryl methyl sites for hydroxylation is 1. The fourth-order valence-corrected chi connectivity index (χ4v) is 4.92. The van der Waals surface area contributed by atoms with Crippen molar-refractivity contribution in [3.8, 4) is 0 Å². The number of hydrogen-bond acceptors (Lipinski definition) is 5. The van der Waals surface area contributed by atoms with Crippen LogP contribution in [-0.2, 0) is 21.2 Å². The first-order valence-corrected chi connectivity index (χ1v) is 10.3. The molecule has 0 spiro atoms. The molecule has 8 heteroatoms. The second kappa shape index (κ2) is 7.11. The Morgan fingerprint density at radius 2 is 2.23 bits per heavy atom. The third-order valence-electron chi connectivity index (χ3n) is 4.73. The van der Waals surface area contributed by atoms with E-state index in [9.17, 15) is 13.2 Å². The van der Waals surface area contributed by atoms with Crippen LogP contribution in [0, 0.1) is 13.8 Å². The van der Waals surface area contributed by atoms with Gasteiger partial charge in [-0.25, -0.2) is 8.42 Å². The van der Waals surface area contributed by atoms with E-state index in [1.54, 1.807) is 36.4 Å². The third kappa shape index (κ3) is 3.90. The van der Waals surface area contributed by atoms with Crippen LogP contribution in [0.3, 0.4) is 0 Å². The van der Waals surface area contributed by atoms with Crippen LogP contribution >= 0.6 is 0 Å². The standard InChI is InChI=1S/C18H23N3O4S/c1-13-17(11-20(3)18(22)7-6-16-5-4-9-25-16)14(2)21(19-13)15-8-10-26(23,24)12-15/h4-7,9,15H,8,10-12H2,1-3H3/b7-6+. The van der Waals surface area contributed by atoms with Crippen LogP contribution in [0.4, 0.5) is 0 Å². The van der Waals surface area contributed by atoms with E-state index < -0.39 is 9.84 Å². The molecule has 0 bridgehead atoms. The summed E-state index contributed by atoms with van der Waals surface area (Å²) < 4.78 is 30.5. The summed E-state index contributed by atoms with van der Waals surface area (Å²) in [6.45, 7) is 4.23. The number of aromatic nitrogens is 2. The van der Waals surface area contributed by atoms with Crippen LogP contribution in [-0.4, -0.2) is 47.6 Å². The number of amides is 1. The van der Waals surface area contributed by atoms with Gasteiger partial charge in [0.1, 0.15) is 5.76 Å². The van der Waals surface area contributed by atoms with Gasteiger partial charge in [-0.1, -0.05) is 0 Å². The first-order valence-electron chi connectivity index (χ1n) is 8.48. The number of sulfone groups is 1. The van der Waals surface area contributed by atoms with E-state index in [1.165, 1.54) is 6.08 Å². The average molecular weight is 377 g/mol. The Bertz CT molecular complexity index is 926. The van der Waals surface area contributed by atoms with Crippen molar-refractivity contribution in [1.29, 1.82) is 0 Å². The highest BCUT2D eigenvalue weighted by molar-refractivity contribution is 7.91. The quantitative estimate of drug-likeness (QED) is 0.745. The lowest BCUT2D eigenvalue weighted by atomic mass is 10.1. The fraction of sp³-hybridized carbons (Fsp3) is 0.444. The Hall–Kier alpha value is -2.35. The molecule has 1 atom stereocenters. The van der Waals surface area contributed by atoms with Crippen molar-refractivity contribution in [2.75, 3.05) is 18.6 Å². The minimum absolute atomic E-state index is 0.118. The summed E-state index contributed by atoms with van der Waals surface area (Å²) >= 11 is 0. The lowest BCUT2D eigenvalue weighted by molar-refractivity contribution is -0.125. The van der Waals surface area contributed by atoms with Gasteiger partial charge in [0.05, 0.1) is 29.5 Å². The predicted molar refractivity (Wildman–Crippen MR) is 98.2 cm³/mol. The van der Waals surface area contributed by atoms with Gasteiger partial charge < -0.3 is 9.32 Å². The molecule has 3 rings (SSSR count). The Morgan fingerprint density at radius 3 is 2.85 bits per heavy atom. The first kappa shape index (κ1) is 18.4. The molecule has 7 nitrogen and oxygen atoms in total. The van der Waals surface area contributed by atoms with Crippen molar-refractivity contribution < 1.29 is 17.6 Å². The Labute approximate surface area is 153 Å². The van der Waals surface area contributed by atoms with Gasteiger partial charge in [0.15, 0.2) is 9.84 Å². The van der Waals surface area contributed by atoms with Crippen LogP contribution in [0.2, 0.25) is 0 Å². The number of furan rings is 1. The summed E-state index contributed by atoms with van der Waals surface area (Å²) in [5, 5.41) is 4.54. The van der Waals surface area contributed by atoms with E-state index in [2.05, 4.69) is 5.10 Å². The van der Waals surface area contributed by atoms with Crippen LogP contribution in [0.15, 0.2) is 28.9 Å². The molecule has 0 aliphatic carbocycles. The maximum atomic E-state index is 12.3. The average Bonchev–Trinajstić information content (AvgIpc) is 3.28. The van der Waals surface area contributed by atoms with Gasteiger partial charge in [-0.05, 0) is 38.5 Å². The maximum Gasteiger partial charge on any atom is 0.246 e. The molecule has 0 saturated carbocycles. The fourth-order valence-electron chi connectivity index (χ4n) is 3.23. The highest BCUT2D eigenvalue weighted by atomic mass is 32.2. The second-order valence-electron chi connectivity index (χ2n) is 6.69. The lowest BCUT2D eigenvalue weighted by Crippen LogP contribution is -2.24. The molecule has 2 aromatic rings. The normalized spacial score (nSPS) is 19.3. The molecule has 1 aliphatic rings. The number of likely N-dealkylation sites (N-methyl/N-ethyl adjacent to an activating group) is 1. The smallest absolute Gasteiger partial charge is 0.246 e. The summed E-state index contributed by atoms with van der Waals surface area (Å²) in [6, 6.07) is 3.42. The molecule has 0 radical (unpaired) electrons. The highest BCUT2D eigenvalue weighted by Gasteiger charge is 2.31. The molecular formula is C18H23N3O4S. The van der Waals surface area contributed by atoms with Gasteiger partial charge in [-0.3, -0.25) is 9.48 Å². The molecule has 1 unspecified atom stereocenters. The molecule has 3 heterocycles. The zero-order valence-electron chi connectivity index (χ0n) is 15.2. The van der Waals surface area contributed by atoms with E-state index >= 15 is 0 Å². The van der Waals surface area contributed by atoms with E-state index in [0.717, 1.165) is 17.0 Å². The van der Waals surface area contributed by atoms with Gasteiger partial charge in [-0.2, -0.15) is 5.10 Å². The van der Waals surface area contributed by atoms with Crippen molar-refractivity contribution in [2.45, 2.75) is 32.9 Å². The molecule has 1 fully saturated rings. The largest absolute Gasteiger partial charge is 0.465 e. The lowest BCUT2D eigenvalue weighted by Gasteiger charge is -2.16. The van der Waals surface area contributed by atoms with E-state index in [-0.39, 0.29) is 23.5 Å². The van der Waals surface area contributed by atoms with Crippen LogP contribution in [0.25, 0.3) is 6.08 Å². The Kier molecular flexibility index (Phi) is 5.04.